The second-order valence-corrected chi connectivity index (χ2v) is 4.90. The van der Waals surface area contributed by atoms with E-state index in [0.29, 0.717) is 12.3 Å². The summed E-state index contributed by atoms with van der Waals surface area (Å²) in [4.78, 5) is 11.7. The van der Waals surface area contributed by atoms with Gasteiger partial charge in [-0.15, -0.1) is 0 Å². The van der Waals surface area contributed by atoms with E-state index in [9.17, 15) is 9.18 Å². The highest BCUT2D eigenvalue weighted by atomic mass is 19.1. The van der Waals surface area contributed by atoms with Crippen molar-refractivity contribution in [3.05, 3.63) is 24.0 Å². The second-order valence-electron chi connectivity index (χ2n) is 4.90. The van der Waals surface area contributed by atoms with E-state index >= 15 is 0 Å². The highest BCUT2D eigenvalue weighted by Crippen LogP contribution is 2.28. The standard InChI is InChI=1S/C14H18FNO2/c15-12-9-11(17)6-7-13(12)16-14(18)8-5-10-3-1-2-4-10/h6-7,9-10,17H,1-5,8H2,(H,16,18). The van der Waals surface area contributed by atoms with Crippen LogP contribution in [0.2, 0.25) is 0 Å². The van der Waals surface area contributed by atoms with Crippen LogP contribution >= 0.6 is 0 Å². The molecule has 1 saturated carbocycles. The first-order chi connectivity index (χ1) is 8.65. The molecule has 98 valence electrons. The summed E-state index contributed by atoms with van der Waals surface area (Å²) < 4.78 is 13.4. The molecular weight excluding hydrogens is 233 g/mol. The zero-order valence-corrected chi connectivity index (χ0v) is 10.3. The van der Waals surface area contributed by atoms with Crippen molar-refractivity contribution in [1.82, 2.24) is 0 Å². The lowest BCUT2D eigenvalue weighted by molar-refractivity contribution is -0.116. The number of halogens is 1. The van der Waals surface area contributed by atoms with Gasteiger partial charge in [0.05, 0.1) is 5.69 Å². The molecule has 2 N–H and O–H groups in total. The number of benzene rings is 1. The molecule has 1 amide bonds. The van der Waals surface area contributed by atoms with Gasteiger partial charge < -0.3 is 10.4 Å². The molecule has 1 aromatic rings. The molecule has 1 aliphatic rings. The van der Waals surface area contributed by atoms with Crippen LogP contribution in [-0.4, -0.2) is 11.0 Å². The lowest BCUT2D eigenvalue weighted by Gasteiger charge is -2.09. The Morgan fingerprint density at radius 3 is 2.78 bits per heavy atom. The molecule has 0 bridgehead atoms. The monoisotopic (exact) mass is 251 g/mol. The van der Waals surface area contributed by atoms with E-state index in [0.717, 1.165) is 12.5 Å². The number of hydrogen-bond acceptors (Lipinski definition) is 2. The zero-order valence-electron chi connectivity index (χ0n) is 10.3. The Balaban J connectivity index is 1.82. The Bertz CT molecular complexity index is 428. The van der Waals surface area contributed by atoms with Crippen molar-refractivity contribution in [2.24, 2.45) is 5.92 Å². The molecule has 2 rings (SSSR count). The first kappa shape index (κ1) is 12.9. The van der Waals surface area contributed by atoms with Gasteiger partial charge in [-0.1, -0.05) is 25.7 Å². The van der Waals surface area contributed by atoms with Gasteiger partial charge in [0.25, 0.3) is 0 Å². The third kappa shape index (κ3) is 3.45. The Morgan fingerprint density at radius 1 is 1.39 bits per heavy atom. The van der Waals surface area contributed by atoms with Crippen LogP contribution in [0.5, 0.6) is 5.75 Å². The van der Waals surface area contributed by atoms with Crippen molar-refractivity contribution in [3.63, 3.8) is 0 Å². The number of carbonyl (C=O) groups is 1. The molecule has 0 atom stereocenters. The lowest BCUT2D eigenvalue weighted by Crippen LogP contribution is -2.13. The van der Waals surface area contributed by atoms with Crippen molar-refractivity contribution in [3.8, 4) is 5.75 Å². The average Bonchev–Trinajstić information content (AvgIpc) is 2.83. The minimum Gasteiger partial charge on any atom is -0.508 e. The fraction of sp³-hybridized carbons (Fsp3) is 0.500. The number of aromatic hydroxyl groups is 1. The second kappa shape index (κ2) is 5.85. The maximum atomic E-state index is 13.4. The van der Waals surface area contributed by atoms with Crippen LogP contribution in [0.4, 0.5) is 10.1 Å². The van der Waals surface area contributed by atoms with Crippen molar-refractivity contribution in [2.75, 3.05) is 5.32 Å². The van der Waals surface area contributed by atoms with Gasteiger partial charge in [0.2, 0.25) is 5.91 Å². The van der Waals surface area contributed by atoms with Crippen LogP contribution in [-0.2, 0) is 4.79 Å². The van der Waals surface area contributed by atoms with Gasteiger partial charge in [-0.3, -0.25) is 4.79 Å². The fourth-order valence-electron chi connectivity index (χ4n) is 2.45. The molecule has 0 saturated heterocycles. The SMILES string of the molecule is O=C(CCC1CCCC1)Nc1ccc(O)cc1F. The third-order valence-corrected chi connectivity index (χ3v) is 3.48. The molecule has 0 heterocycles. The van der Waals surface area contributed by atoms with E-state index in [1.807, 2.05) is 0 Å². The quantitative estimate of drug-likeness (QED) is 0.805. The normalized spacial score (nSPS) is 15.8. The maximum Gasteiger partial charge on any atom is 0.224 e. The van der Waals surface area contributed by atoms with Crippen LogP contribution < -0.4 is 5.32 Å². The number of hydrogen-bond donors (Lipinski definition) is 2. The summed E-state index contributed by atoms with van der Waals surface area (Å²) in [5, 5.41) is 11.6. The summed E-state index contributed by atoms with van der Waals surface area (Å²) in [5.74, 6) is -0.257. The smallest absolute Gasteiger partial charge is 0.224 e. The summed E-state index contributed by atoms with van der Waals surface area (Å²) in [6.45, 7) is 0. The molecule has 1 fully saturated rings. The summed E-state index contributed by atoms with van der Waals surface area (Å²) in [7, 11) is 0. The Kier molecular flexibility index (Phi) is 4.18. The summed E-state index contributed by atoms with van der Waals surface area (Å²) in [6.07, 6.45) is 6.26. The van der Waals surface area contributed by atoms with Gasteiger partial charge in [-0.05, 0) is 24.5 Å². The molecule has 0 radical (unpaired) electrons. The Hall–Kier alpha value is -1.58. The summed E-state index contributed by atoms with van der Waals surface area (Å²) in [5.41, 5.74) is 0.129. The van der Waals surface area contributed by atoms with Gasteiger partial charge in [0, 0.05) is 12.5 Å². The van der Waals surface area contributed by atoms with Crippen molar-refractivity contribution in [1.29, 1.82) is 0 Å². The molecule has 18 heavy (non-hydrogen) atoms. The molecule has 1 aliphatic carbocycles. The number of anilines is 1. The van der Waals surface area contributed by atoms with Crippen LogP contribution in [0.3, 0.4) is 0 Å². The maximum absolute atomic E-state index is 13.4. The van der Waals surface area contributed by atoms with E-state index in [4.69, 9.17) is 5.11 Å². The number of rotatable bonds is 4. The first-order valence-electron chi connectivity index (χ1n) is 6.43. The predicted molar refractivity (Wildman–Crippen MR) is 67.9 cm³/mol. The molecular formula is C14H18FNO2. The van der Waals surface area contributed by atoms with Crippen molar-refractivity contribution >= 4 is 11.6 Å². The van der Waals surface area contributed by atoms with E-state index in [1.165, 1.54) is 37.8 Å². The largest absolute Gasteiger partial charge is 0.508 e. The van der Waals surface area contributed by atoms with Crippen LogP contribution in [0.1, 0.15) is 38.5 Å². The average molecular weight is 251 g/mol. The topological polar surface area (TPSA) is 49.3 Å². The van der Waals surface area contributed by atoms with Crippen molar-refractivity contribution in [2.45, 2.75) is 38.5 Å². The van der Waals surface area contributed by atoms with E-state index in [-0.39, 0.29) is 17.3 Å². The Morgan fingerprint density at radius 2 is 2.11 bits per heavy atom. The van der Waals surface area contributed by atoms with Crippen LogP contribution in [0.15, 0.2) is 18.2 Å². The van der Waals surface area contributed by atoms with Gasteiger partial charge in [-0.25, -0.2) is 4.39 Å². The van der Waals surface area contributed by atoms with Gasteiger partial charge in [0.15, 0.2) is 0 Å². The van der Waals surface area contributed by atoms with E-state index in [1.54, 1.807) is 0 Å². The Labute approximate surface area is 106 Å². The van der Waals surface area contributed by atoms with E-state index < -0.39 is 5.82 Å². The summed E-state index contributed by atoms with van der Waals surface area (Å²) in [6, 6.07) is 3.72. The predicted octanol–water partition coefficient (Wildman–Crippen LogP) is 3.44. The molecule has 3 nitrogen and oxygen atoms in total. The third-order valence-electron chi connectivity index (χ3n) is 3.48. The minimum atomic E-state index is -0.607. The lowest BCUT2D eigenvalue weighted by atomic mass is 10.0. The molecule has 0 spiro atoms. The molecule has 0 aromatic heterocycles. The zero-order chi connectivity index (χ0) is 13.0. The number of phenolic OH excluding ortho intramolecular Hbond substituents is 1. The van der Waals surface area contributed by atoms with Crippen LogP contribution in [0.25, 0.3) is 0 Å². The van der Waals surface area contributed by atoms with Gasteiger partial charge >= 0.3 is 0 Å². The number of carbonyl (C=O) groups excluding carboxylic acids is 1. The first-order valence-corrected chi connectivity index (χ1v) is 6.43. The van der Waals surface area contributed by atoms with Crippen LogP contribution in [0, 0.1) is 11.7 Å². The molecule has 1 aromatic carbocycles. The number of amides is 1. The molecule has 0 aliphatic heterocycles. The number of nitrogens with one attached hydrogen (secondary N) is 1. The highest BCUT2D eigenvalue weighted by molar-refractivity contribution is 5.90. The minimum absolute atomic E-state index is 0.129. The van der Waals surface area contributed by atoms with E-state index in [2.05, 4.69) is 5.32 Å². The van der Waals surface area contributed by atoms with Gasteiger partial charge in [-0.2, -0.15) is 0 Å². The van der Waals surface area contributed by atoms with Crippen molar-refractivity contribution < 1.29 is 14.3 Å². The molecule has 0 unspecified atom stereocenters. The number of phenols is 1. The fourth-order valence-corrected chi connectivity index (χ4v) is 2.45. The van der Waals surface area contributed by atoms with Gasteiger partial charge in [0.1, 0.15) is 11.6 Å². The molecule has 4 heteroatoms. The highest BCUT2D eigenvalue weighted by Gasteiger charge is 2.16. The summed E-state index contributed by atoms with van der Waals surface area (Å²) >= 11 is 0.